The zero-order valence-electron chi connectivity index (χ0n) is 26.9. The molecule has 0 atom stereocenters. The quantitative estimate of drug-likeness (QED) is 0.188. The van der Waals surface area contributed by atoms with Crippen molar-refractivity contribution in [1.82, 2.24) is 4.57 Å². The Morgan fingerprint density at radius 3 is 2.04 bits per heavy atom. The first-order valence-corrected chi connectivity index (χ1v) is 17.7. The molecule has 0 bridgehead atoms. The standard InChI is InChI=1S/C46H28N2OS/c1-2-11-30(12-3-1)48-38-16-7-4-13-34(38)35-25-23-32(28-40(35)48)47(39-17-10-19-42-46(39)36-14-5-8-18-41(36)49-42)31-22-24-33-29(27-31)21-26-44-45(33)37-15-6-9-20-43(37)50-44/h1-28H. The predicted molar refractivity (Wildman–Crippen MR) is 213 cm³/mol. The number of rotatable bonds is 4. The number of thiophene rings is 1. The summed E-state index contributed by atoms with van der Waals surface area (Å²) in [6, 6.07) is 61.3. The minimum atomic E-state index is 0.875. The van der Waals surface area contributed by atoms with E-state index in [1.165, 1.54) is 47.2 Å². The van der Waals surface area contributed by atoms with E-state index in [9.17, 15) is 0 Å². The summed E-state index contributed by atoms with van der Waals surface area (Å²) in [5.41, 5.74) is 8.51. The van der Waals surface area contributed by atoms with Crippen LogP contribution in [0.15, 0.2) is 174 Å². The van der Waals surface area contributed by atoms with Gasteiger partial charge in [0.1, 0.15) is 11.2 Å². The molecule has 0 aliphatic carbocycles. The molecule has 234 valence electrons. The Bertz CT molecular complexity index is 3110. The van der Waals surface area contributed by atoms with Gasteiger partial charge in [0.15, 0.2) is 0 Å². The predicted octanol–water partition coefficient (Wildman–Crippen LogP) is 13.7. The molecule has 11 aromatic rings. The number of benzene rings is 8. The Hall–Kier alpha value is -6.36. The lowest BCUT2D eigenvalue weighted by molar-refractivity contribution is 0.669. The second-order valence-electron chi connectivity index (χ2n) is 12.9. The molecule has 0 unspecified atom stereocenters. The molecule has 4 heteroatoms. The van der Waals surface area contributed by atoms with Crippen molar-refractivity contribution in [2.75, 3.05) is 4.90 Å². The van der Waals surface area contributed by atoms with Gasteiger partial charge in [0.25, 0.3) is 0 Å². The molecule has 3 heterocycles. The maximum atomic E-state index is 6.42. The topological polar surface area (TPSA) is 21.3 Å². The van der Waals surface area contributed by atoms with Gasteiger partial charge >= 0.3 is 0 Å². The van der Waals surface area contributed by atoms with E-state index >= 15 is 0 Å². The monoisotopic (exact) mass is 656 g/mol. The van der Waals surface area contributed by atoms with Gasteiger partial charge in [-0.15, -0.1) is 11.3 Å². The van der Waals surface area contributed by atoms with Gasteiger partial charge < -0.3 is 13.9 Å². The van der Waals surface area contributed by atoms with Crippen molar-refractivity contribution in [3.63, 3.8) is 0 Å². The summed E-state index contributed by atoms with van der Waals surface area (Å²) in [6.07, 6.45) is 0. The summed E-state index contributed by atoms with van der Waals surface area (Å²) in [5.74, 6) is 0. The lowest BCUT2D eigenvalue weighted by Crippen LogP contribution is -2.10. The molecule has 0 amide bonds. The molecule has 0 spiro atoms. The Balaban J connectivity index is 1.22. The van der Waals surface area contributed by atoms with Crippen molar-refractivity contribution in [2.24, 2.45) is 0 Å². The summed E-state index contributed by atoms with van der Waals surface area (Å²) >= 11 is 1.86. The minimum Gasteiger partial charge on any atom is -0.456 e. The van der Waals surface area contributed by atoms with Crippen molar-refractivity contribution in [3.8, 4) is 5.69 Å². The molecule has 50 heavy (non-hydrogen) atoms. The fourth-order valence-electron chi connectivity index (χ4n) is 8.00. The van der Waals surface area contributed by atoms with Crippen molar-refractivity contribution in [1.29, 1.82) is 0 Å². The number of aromatic nitrogens is 1. The van der Waals surface area contributed by atoms with Crippen LogP contribution in [0.25, 0.3) is 80.4 Å². The third-order valence-corrected chi connectivity index (χ3v) is 11.3. The van der Waals surface area contributed by atoms with Crippen molar-refractivity contribution < 1.29 is 4.42 Å². The summed E-state index contributed by atoms with van der Waals surface area (Å²) in [4.78, 5) is 2.41. The van der Waals surface area contributed by atoms with Crippen LogP contribution < -0.4 is 4.90 Å². The van der Waals surface area contributed by atoms with Crippen LogP contribution in [0.5, 0.6) is 0 Å². The van der Waals surface area contributed by atoms with Crippen LogP contribution in [0.4, 0.5) is 17.1 Å². The first-order valence-electron chi connectivity index (χ1n) is 16.9. The van der Waals surface area contributed by atoms with E-state index in [0.29, 0.717) is 0 Å². The Morgan fingerprint density at radius 2 is 1.14 bits per heavy atom. The highest BCUT2D eigenvalue weighted by Gasteiger charge is 2.22. The molecule has 0 radical (unpaired) electrons. The van der Waals surface area contributed by atoms with Crippen LogP contribution in [0.3, 0.4) is 0 Å². The highest BCUT2D eigenvalue weighted by atomic mass is 32.1. The van der Waals surface area contributed by atoms with Crippen molar-refractivity contribution in [2.45, 2.75) is 0 Å². The lowest BCUT2D eigenvalue weighted by Gasteiger charge is -2.27. The van der Waals surface area contributed by atoms with Crippen molar-refractivity contribution in [3.05, 3.63) is 170 Å². The molecular weight excluding hydrogens is 629 g/mol. The third kappa shape index (κ3) is 3.97. The second kappa shape index (κ2) is 10.6. The molecule has 0 aliphatic heterocycles. The zero-order chi connectivity index (χ0) is 32.8. The van der Waals surface area contributed by atoms with Crippen LogP contribution in [0.2, 0.25) is 0 Å². The van der Waals surface area contributed by atoms with Gasteiger partial charge in [0.05, 0.1) is 22.1 Å². The fraction of sp³-hybridized carbons (Fsp3) is 0. The van der Waals surface area contributed by atoms with Gasteiger partial charge in [-0.05, 0) is 83.6 Å². The van der Waals surface area contributed by atoms with Gasteiger partial charge in [-0.1, -0.05) is 97.1 Å². The van der Waals surface area contributed by atoms with Gasteiger partial charge in [0, 0.05) is 53.4 Å². The van der Waals surface area contributed by atoms with E-state index in [1.807, 2.05) is 17.4 Å². The maximum Gasteiger partial charge on any atom is 0.137 e. The minimum absolute atomic E-state index is 0.875. The van der Waals surface area contributed by atoms with E-state index < -0.39 is 0 Å². The first kappa shape index (κ1) is 27.6. The SMILES string of the molecule is c1ccc(-n2c3ccccc3c3ccc(N(c4ccc5c(ccc6sc7ccccc7c65)c4)c4cccc5oc6ccccc6c45)cc32)cc1. The number of fused-ring (bicyclic) bond motifs is 11. The molecule has 3 nitrogen and oxygen atoms in total. The normalized spacial score (nSPS) is 12.0. The summed E-state index contributed by atoms with van der Waals surface area (Å²) in [7, 11) is 0. The molecule has 0 saturated carbocycles. The Morgan fingerprint density at radius 1 is 0.440 bits per heavy atom. The van der Waals surface area contributed by atoms with Gasteiger partial charge in [-0.3, -0.25) is 0 Å². The van der Waals surface area contributed by atoms with Crippen LogP contribution in [0, 0.1) is 0 Å². The van der Waals surface area contributed by atoms with E-state index in [-0.39, 0.29) is 0 Å². The number of anilines is 3. The molecular formula is C46H28N2OS. The zero-order valence-corrected chi connectivity index (χ0v) is 27.7. The van der Waals surface area contributed by atoms with Crippen LogP contribution in [0.1, 0.15) is 0 Å². The smallest absolute Gasteiger partial charge is 0.137 e. The largest absolute Gasteiger partial charge is 0.456 e. The summed E-state index contributed by atoms with van der Waals surface area (Å²) < 4.78 is 11.4. The van der Waals surface area contributed by atoms with Crippen molar-refractivity contribution >= 4 is 103 Å². The lowest BCUT2D eigenvalue weighted by atomic mass is 10.0. The Labute approximate surface area is 291 Å². The number of furan rings is 1. The Kier molecular flexibility index (Phi) is 5.83. The maximum absolute atomic E-state index is 6.42. The molecule has 0 N–H and O–H groups in total. The third-order valence-electron chi connectivity index (χ3n) is 10.2. The number of nitrogens with zero attached hydrogens (tertiary/aromatic N) is 2. The highest BCUT2D eigenvalue weighted by Crippen LogP contribution is 2.46. The highest BCUT2D eigenvalue weighted by molar-refractivity contribution is 7.26. The molecule has 8 aromatic carbocycles. The van der Waals surface area contributed by atoms with E-state index in [4.69, 9.17) is 4.42 Å². The summed E-state index contributed by atoms with van der Waals surface area (Å²) in [6.45, 7) is 0. The van der Waals surface area contributed by atoms with Crippen LogP contribution in [-0.4, -0.2) is 4.57 Å². The summed E-state index contributed by atoms with van der Waals surface area (Å²) in [5, 5.41) is 9.81. The fourth-order valence-corrected chi connectivity index (χ4v) is 9.12. The second-order valence-corrected chi connectivity index (χ2v) is 14.0. The molecule has 0 saturated heterocycles. The van der Waals surface area contributed by atoms with Crippen LogP contribution in [-0.2, 0) is 0 Å². The van der Waals surface area contributed by atoms with Gasteiger partial charge in [0.2, 0.25) is 0 Å². The molecule has 11 rings (SSSR count). The van der Waals surface area contributed by atoms with E-state index in [2.05, 4.69) is 173 Å². The van der Waals surface area contributed by atoms with Gasteiger partial charge in [-0.25, -0.2) is 0 Å². The number of hydrogen-bond acceptors (Lipinski definition) is 3. The molecule has 0 fully saturated rings. The van der Waals surface area contributed by atoms with E-state index in [0.717, 1.165) is 50.2 Å². The number of hydrogen-bond donors (Lipinski definition) is 0. The van der Waals surface area contributed by atoms with E-state index in [1.54, 1.807) is 0 Å². The first-order chi connectivity index (χ1) is 24.8. The van der Waals surface area contributed by atoms with Gasteiger partial charge in [-0.2, -0.15) is 0 Å². The van der Waals surface area contributed by atoms with Crippen LogP contribution >= 0.6 is 11.3 Å². The molecule has 0 aliphatic rings. The average Bonchev–Trinajstić information content (AvgIpc) is 3.85. The number of para-hydroxylation sites is 3. The average molecular weight is 657 g/mol. The molecule has 3 aromatic heterocycles.